The Morgan fingerprint density at radius 1 is 1.28 bits per heavy atom. The van der Waals surface area contributed by atoms with E-state index in [1.807, 2.05) is 41.9 Å². The van der Waals surface area contributed by atoms with Gasteiger partial charge in [0, 0.05) is 10.4 Å². The Bertz CT molecular complexity index is 901. The van der Waals surface area contributed by atoms with Crippen LogP contribution in [0.4, 0.5) is 5.82 Å². The lowest BCUT2D eigenvalue weighted by Gasteiger charge is -2.13. The van der Waals surface area contributed by atoms with Crippen LogP contribution < -0.4 is 10.1 Å². The van der Waals surface area contributed by atoms with Crippen LogP contribution in [0.1, 0.15) is 21.4 Å². The molecule has 1 amide bonds. The van der Waals surface area contributed by atoms with Gasteiger partial charge in [0.25, 0.3) is 0 Å². The number of aryl methyl sites for hydroxylation is 1. The van der Waals surface area contributed by atoms with Crippen LogP contribution in [0, 0.1) is 6.92 Å². The molecular formula is C18H17N3O2S2. The van der Waals surface area contributed by atoms with Crippen molar-refractivity contribution in [1.29, 1.82) is 0 Å². The zero-order chi connectivity index (χ0) is 17.4. The van der Waals surface area contributed by atoms with Crippen LogP contribution in [-0.2, 0) is 4.79 Å². The van der Waals surface area contributed by atoms with Crippen LogP contribution in [0.15, 0.2) is 41.8 Å². The van der Waals surface area contributed by atoms with Gasteiger partial charge < -0.3 is 10.1 Å². The van der Waals surface area contributed by atoms with E-state index in [1.54, 1.807) is 30.2 Å². The smallest absolute Gasteiger partial charge is 0.235 e. The molecule has 5 nitrogen and oxygen atoms in total. The molecule has 7 heteroatoms. The van der Waals surface area contributed by atoms with Gasteiger partial charge in [0.15, 0.2) is 0 Å². The molecule has 1 unspecified atom stereocenters. The third-order valence-electron chi connectivity index (χ3n) is 4.13. The number of thiophene rings is 1. The standard InChI is InChI=1S/C18H17N3O2S2/c1-11-16-17(14-4-3-9-24-14)25-10-15(22)19-18(16)21(20-11)12-5-7-13(23-2)8-6-12/h3-9,17H,10H2,1-2H3,(H,19,22). The number of fused-ring (bicyclic) bond motifs is 1. The molecule has 0 spiro atoms. The summed E-state index contributed by atoms with van der Waals surface area (Å²) in [4.78, 5) is 13.5. The molecule has 0 aliphatic carbocycles. The lowest BCUT2D eigenvalue weighted by Crippen LogP contribution is -2.15. The Morgan fingerprint density at radius 3 is 2.76 bits per heavy atom. The minimum absolute atomic E-state index is 0.0000298. The zero-order valence-electron chi connectivity index (χ0n) is 13.9. The Labute approximate surface area is 154 Å². The first-order chi connectivity index (χ1) is 12.2. The van der Waals surface area contributed by atoms with E-state index < -0.39 is 0 Å². The van der Waals surface area contributed by atoms with Crippen molar-refractivity contribution in [3.63, 3.8) is 0 Å². The predicted molar refractivity (Wildman–Crippen MR) is 102 cm³/mol. The second-order valence-electron chi connectivity index (χ2n) is 5.71. The van der Waals surface area contributed by atoms with E-state index >= 15 is 0 Å². The molecule has 25 heavy (non-hydrogen) atoms. The highest BCUT2D eigenvalue weighted by molar-refractivity contribution is 8.00. The summed E-state index contributed by atoms with van der Waals surface area (Å²) in [6.07, 6.45) is 0. The van der Waals surface area contributed by atoms with Crippen LogP contribution in [0.2, 0.25) is 0 Å². The minimum atomic E-state index is -0.0000298. The van der Waals surface area contributed by atoms with E-state index in [2.05, 4.69) is 16.8 Å². The van der Waals surface area contributed by atoms with Gasteiger partial charge in [-0.1, -0.05) is 6.07 Å². The molecule has 1 aliphatic rings. The molecule has 3 heterocycles. The van der Waals surface area contributed by atoms with Gasteiger partial charge in [-0.15, -0.1) is 23.1 Å². The molecule has 1 aliphatic heterocycles. The summed E-state index contributed by atoms with van der Waals surface area (Å²) >= 11 is 3.36. The number of anilines is 1. The maximum Gasteiger partial charge on any atom is 0.235 e. The third kappa shape index (κ3) is 2.94. The monoisotopic (exact) mass is 371 g/mol. The first-order valence-corrected chi connectivity index (χ1v) is 9.79. The van der Waals surface area contributed by atoms with Gasteiger partial charge in [-0.3, -0.25) is 4.79 Å². The van der Waals surface area contributed by atoms with Gasteiger partial charge in [-0.05, 0) is 42.6 Å². The number of aromatic nitrogens is 2. The fraction of sp³-hybridized carbons (Fsp3) is 0.222. The van der Waals surface area contributed by atoms with Crippen molar-refractivity contribution >= 4 is 34.8 Å². The van der Waals surface area contributed by atoms with Gasteiger partial charge in [0.05, 0.1) is 29.5 Å². The quantitative estimate of drug-likeness (QED) is 0.755. The van der Waals surface area contributed by atoms with Gasteiger partial charge in [0.2, 0.25) is 5.91 Å². The second kappa shape index (κ2) is 6.57. The average molecular weight is 371 g/mol. The van der Waals surface area contributed by atoms with Crippen molar-refractivity contribution in [2.24, 2.45) is 0 Å². The molecule has 0 saturated carbocycles. The van der Waals surface area contributed by atoms with Crippen LogP contribution >= 0.6 is 23.1 Å². The minimum Gasteiger partial charge on any atom is -0.497 e. The highest BCUT2D eigenvalue weighted by Gasteiger charge is 2.31. The highest BCUT2D eigenvalue weighted by atomic mass is 32.2. The van der Waals surface area contributed by atoms with Gasteiger partial charge in [-0.25, -0.2) is 4.68 Å². The molecule has 3 aromatic rings. The van der Waals surface area contributed by atoms with Crippen molar-refractivity contribution in [3.05, 3.63) is 57.9 Å². The summed E-state index contributed by atoms with van der Waals surface area (Å²) in [7, 11) is 1.64. The number of hydrogen-bond donors (Lipinski definition) is 1. The molecule has 1 aromatic carbocycles. The fourth-order valence-corrected chi connectivity index (χ4v) is 5.12. The molecule has 1 N–H and O–H groups in total. The van der Waals surface area contributed by atoms with E-state index in [-0.39, 0.29) is 11.2 Å². The third-order valence-corrected chi connectivity index (χ3v) is 6.46. The Kier molecular flexibility index (Phi) is 4.27. The van der Waals surface area contributed by atoms with Gasteiger partial charge >= 0.3 is 0 Å². The van der Waals surface area contributed by atoms with Crippen molar-refractivity contribution in [3.8, 4) is 11.4 Å². The number of thioether (sulfide) groups is 1. The number of benzene rings is 1. The van der Waals surface area contributed by atoms with Crippen LogP contribution in [-0.4, -0.2) is 28.6 Å². The van der Waals surface area contributed by atoms with Crippen LogP contribution in [0.25, 0.3) is 5.69 Å². The molecule has 0 bridgehead atoms. The number of methoxy groups -OCH3 is 1. The SMILES string of the molecule is COc1ccc(-n2nc(C)c3c2NC(=O)CSC3c2cccs2)cc1. The normalized spacial score (nSPS) is 16.9. The van der Waals surface area contributed by atoms with Crippen molar-refractivity contribution in [1.82, 2.24) is 9.78 Å². The maximum atomic E-state index is 12.3. The highest BCUT2D eigenvalue weighted by Crippen LogP contribution is 2.45. The first kappa shape index (κ1) is 16.2. The Balaban J connectivity index is 1.85. The predicted octanol–water partition coefficient (Wildman–Crippen LogP) is 4.03. The summed E-state index contributed by atoms with van der Waals surface area (Å²) < 4.78 is 7.04. The number of nitrogens with zero attached hydrogens (tertiary/aromatic N) is 2. The summed E-state index contributed by atoms with van der Waals surface area (Å²) in [5.41, 5.74) is 2.90. The number of rotatable bonds is 3. The van der Waals surface area contributed by atoms with E-state index in [0.29, 0.717) is 5.75 Å². The number of ether oxygens (including phenoxy) is 1. The molecule has 0 saturated heterocycles. The van der Waals surface area contributed by atoms with E-state index in [9.17, 15) is 4.79 Å². The molecule has 4 rings (SSSR count). The van der Waals surface area contributed by atoms with Crippen molar-refractivity contribution < 1.29 is 9.53 Å². The van der Waals surface area contributed by atoms with Crippen molar-refractivity contribution in [2.45, 2.75) is 12.2 Å². The summed E-state index contributed by atoms with van der Waals surface area (Å²) in [5.74, 6) is 1.98. The number of nitrogens with one attached hydrogen (secondary N) is 1. The maximum absolute atomic E-state index is 12.3. The second-order valence-corrected chi connectivity index (χ2v) is 7.78. The van der Waals surface area contributed by atoms with E-state index in [0.717, 1.165) is 28.5 Å². The van der Waals surface area contributed by atoms with Crippen molar-refractivity contribution in [2.75, 3.05) is 18.2 Å². The fourth-order valence-electron chi connectivity index (χ4n) is 2.96. The lowest BCUT2D eigenvalue weighted by molar-refractivity contribution is -0.113. The topological polar surface area (TPSA) is 56.1 Å². The molecule has 0 fully saturated rings. The Morgan fingerprint density at radius 2 is 2.08 bits per heavy atom. The van der Waals surface area contributed by atoms with E-state index in [4.69, 9.17) is 9.84 Å². The van der Waals surface area contributed by atoms with Gasteiger partial charge in [-0.2, -0.15) is 5.10 Å². The lowest BCUT2D eigenvalue weighted by atomic mass is 10.1. The van der Waals surface area contributed by atoms with Gasteiger partial charge in [0.1, 0.15) is 11.6 Å². The molecule has 2 aromatic heterocycles. The summed E-state index contributed by atoms with van der Waals surface area (Å²) in [6.45, 7) is 2.00. The summed E-state index contributed by atoms with van der Waals surface area (Å²) in [6, 6.07) is 11.8. The first-order valence-electron chi connectivity index (χ1n) is 7.86. The van der Waals surface area contributed by atoms with Crippen LogP contribution in [0.5, 0.6) is 5.75 Å². The largest absolute Gasteiger partial charge is 0.497 e. The number of amides is 1. The van der Waals surface area contributed by atoms with Crippen LogP contribution in [0.3, 0.4) is 0 Å². The number of hydrogen-bond acceptors (Lipinski definition) is 5. The molecule has 0 radical (unpaired) electrons. The summed E-state index contributed by atoms with van der Waals surface area (Å²) in [5, 5.41) is 9.93. The molecular weight excluding hydrogens is 354 g/mol. The average Bonchev–Trinajstić information content (AvgIpc) is 3.22. The number of carbonyl (C=O) groups excluding carboxylic acids is 1. The zero-order valence-corrected chi connectivity index (χ0v) is 15.5. The Hall–Kier alpha value is -2.25. The van der Waals surface area contributed by atoms with E-state index in [1.165, 1.54) is 4.88 Å². The number of carbonyl (C=O) groups is 1. The molecule has 1 atom stereocenters. The molecule has 128 valence electrons.